The number of aliphatic imine (C=N–C) groups is 1. The Morgan fingerprint density at radius 2 is 2.31 bits per heavy atom. The van der Waals surface area contributed by atoms with Crippen LogP contribution in [0.5, 0.6) is 5.75 Å². The van der Waals surface area contributed by atoms with E-state index in [2.05, 4.69) is 16.2 Å². The highest BCUT2D eigenvalue weighted by atomic mass is 32.2. The summed E-state index contributed by atoms with van der Waals surface area (Å²) < 4.78 is 25.4. The average Bonchev–Trinajstić information content (AvgIpc) is 3.47. The number of terminal acetylenes is 1. The van der Waals surface area contributed by atoms with E-state index in [1.807, 2.05) is 0 Å². The number of hydrogen-bond donors (Lipinski definition) is 2. The summed E-state index contributed by atoms with van der Waals surface area (Å²) in [6.45, 7) is 0.683. The van der Waals surface area contributed by atoms with Gasteiger partial charge < -0.3 is 20.5 Å². The van der Waals surface area contributed by atoms with Gasteiger partial charge in [-0.15, -0.1) is 6.42 Å². The third-order valence-corrected chi connectivity index (χ3v) is 7.54. The molecule has 0 bridgehead atoms. The molecule has 1 saturated carbocycles. The van der Waals surface area contributed by atoms with Crippen LogP contribution in [0.3, 0.4) is 0 Å². The Balaban J connectivity index is 1.39. The summed E-state index contributed by atoms with van der Waals surface area (Å²) >= 11 is 1.55. The second kappa shape index (κ2) is 7.50. The van der Waals surface area contributed by atoms with Gasteiger partial charge in [0.15, 0.2) is 5.17 Å². The van der Waals surface area contributed by atoms with E-state index in [1.165, 1.54) is 18.3 Å². The number of halogens is 1. The van der Waals surface area contributed by atoms with E-state index in [-0.39, 0.29) is 28.8 Å². The molecule has 2 aromatic rings. The van der Waals surface area contributed by atoms with Gasteiger partial charge in [-0.3, -0.25) is 9.79 Å². The number of pyridine rings is 1. The van der Waals surface area contributed by atoms with Crippen LogP contribution in [0.2, 0.25) is 0 Å². The Bertz CT molecular complexity index is 1180. The molecule has 2 aliphatic carbocycles. The first kappa shape index (κ1) is 20.8. The zero-order valence-electron chi connectivity index (χ0n) is 17.4. The van der Waals surface area contributed by atoms with E-state index in [0.717, 1.165) is 12.0 Å². The molecule has 9 heteroatoms. The molecule has 7 nitrogen and oxygen atoms in total. The van der Waals surface area contributed by atoms with Crippen LogP contribution in [0.1, 0.15) is 28.0 Å². The Kier molecular flexibility index (Phi) is 4.87. The Hall–Kier alpha value is -3.09. The normalized spacial score (nSPS) is 26.8. The van der Waals surface area contributed by atoms with E-state index >= 15 is 0 Å². The summed E-state index contributed by atoms with van der Waals surface area (Å²) in [7, 11) is 1.67. The van der Waals surface area contributed by atoms with Crippen molar-refractivity contribution >= 4 is 28.5 Å². The summed E-state index contributed by atoms with van der Waals surface area (Å²) in [6, 6.07) is 6.25. The van der Waals surface area contributed by atoms with Crippen molar-refractivity contribution in [2.45, 2.75) is 23.1 Å². The van der Waals surface area contributed by atoms with Crippen molar-refractivity contribution in [3.63, 3.8) is 0 Å². The smallest absolute Gasteiger partial charge is 0.274 e. The molecule has 0 unspecified atom stereocenters. The average molecular weight is 453 g/mol. The molecule has 1 spiro atoms. The molecule has 2 heterocycles. The number of aromatic nitrogens is 1. The van der Waals surface area contributed by atoms with Crippen LogP contribution < -0.4 is 15.8 Å². The second-order valence-corrected chi connectivity index (χ2v) is 9.65. The van der Waals surface area contributed by atoms with Crippen molar-refractivity contribution in [3.8, 4) is 18.1 Å². The van der Waals surface area contributed by atoms with Crippen LogP contribution in [0.4, 0.5) is 10.1 Å². The number of carbonyl (C=O) groups is 1. The molecular weight excluding hydrogens is 431 g/mol. The lowest BCUT2D eigenvalue weighted by molar-refractivity contribution is 0.102. The fourth-order valence-corrected chi connectivity index (χ4v) is 6.19. The molecule has 1 aromatic carbocycles. The number of amidine groups is 1. The number of nitrogens with two attached hydrogens (primary N) is 1. The van der Waals surface area contributed by atoms with E-state index < -0.39 is 11.4 Å². The monoisotopic (exact) mass is 452 g/mol. The molecule has 32 heavy (non-hydrogen) atoms. The van der Waals surface area contributed by atoms with Crippen LogP contribution in [0.25, 0.3) is 0 Å². The second-order valence-electron chi connectivity index (χ2n) is 8.22. The standard InChI is InChI=1S/C23H21FN4O3S/c1-3-6-31-14-4-5-18(26-11-14)20(29)27-13-7-16-15(17(24)8-13)9-23(16)19-10-22(19,12-30-2)32-21(25)28-23/h1,4-5,7-8,11,19H,6,9-10,12H2,2H3,(H2,25,28)(H,27,29)/t19-,22-,23-/m1/s1. The minimum absolute atomic E-state index is 0.110. The highest BCUT2D eigenvalue weighted by Crippen LogP contribution is 2.69. The molecule has 1 aliphatic heterocycles. The fourth-order valence-electron chi connectivity index (χ4n) is 4.81. The van der Waals surface area contributed by atoms with Gasteiger partial charge in [-0.2, -0.15) is 0 Å². The first-order valence-electron chi connectivity index (χ1n) is 10.1. The molecule has 1 aromatic heterocycles. The lowest BCUT2D eigenvalue weighted by atomic mass is 9.67. The third kappa shape index (κ3) is 3.22. The summed E-state index contributed by atoms with van der Waals surface area (Å²) in [5.74, 6) is 2.23. The first-order chi connectivity index (χ1) is 15.4. The van der Waals surface area contributed by atoms with Gasteiger partial charge in [0.05, 0.1) is 23.1 Å². The predicted molar refractivity (Wildman–Crippen MR) is 120 cm³/mol. The maximum absolute atomic E-state index is 14.8. The van der Waals surface area contributed by atoms with E-state index in [9.17, 15) is 9.18 Å². The Morgan fingerprint density at radius 1 is 1.47 bits per heavy atom. The Morgan fingerprint density at radius 3 is 3.03 bits per heavy atom. The summed E-state index contributed by atoms with van der Waals surface area (Å²) in [6.07, 6.45) is 7.98. The molecule has 0 radical (unpaired) electrons. The van der Waals surface area contributed by atoms with Crippen LogP contribution >= 0.6 is 11.8 Å². The van der Waals surface area contributed by atoms with Gasteiger partial charge in [0, 0.05) is 25.1 Å². The number of nitrogens with zero attached hydrogens (tertiary/aromatic N) is 2. The molecular formula is C23H21FN4O3S. The number of carbonyl (C=O) groups excluding carboxylic acids is 1. The van der Waals surface area contributed by atoms with E-state index in [1.54, 1.807) is 31.0 Å². The highest BCUT2D eigenvalue weighted by Gasteiger charge is 2.70. The van der Waals surface area contributed by atoms with Crippen LogP contribution in [0.15, 0.2) is 35.5 Å². The fraction of sp³-hybridized carbons (Fsp3) is 0.348. The van der Waals surface area contributed by atoms with E-state index in [4.69, 9.17) is 26.6 Å². The first-order valence-corrected chi connectivity index (χ1v) is 10.9. The molecule has 1 amide bonds. The van der Waals surface area contributed by atoms with Crippen molar-refractivity contribution in [2.75, 3.05) is 25.6 Å². The third-order valence-electron chi connectivity index (χ3n) is 6.26. The predicted octanol–water partition coefficient (Wildman–Crippen LogP) is 2.70. The minimum Gasteiger partial charge on any atom is -0.479 e. The van der Waals surface area contributed by atoms with Gasteiger partial charge in [0.1, 0.15) is 23.9 Å². The van der Waals surface area contributed by atoms with Crippen molar-refractivity contribution in [1.29, 1.82) is 0 Å². The number of hydrogen-bond acceptors (Lipinski definition) is 7. The van der Waals surface area contributed by atoms with Crippen LogP contribution in [-0.4, -0.2) is 41.1 Å². The largest absolute Gasteiger partial charge is 0.479 e. The topological polar surface area (TPSA) is 98.8 Å². The number of thioether (sulfide) groups is 1. The number of rotatable bonds is 6. The lowest BCUT2D eigenvalue weighted by Gasteiger charge is -2.45. The molecule has 1 fully saturated rings. The van der Waals surface area contributed by atoms with Gasteiger partial charge in [0.25, 0.3) is 5.91 Å². The van der Waals surface area contributed by atoms with Gasteiger partial charge in [0.2, 0.25) is 0 Å². The highest BCUT2D eigenvalue weighted by molar-refractivity contribution is 8.15. The van der Waals surface area contributed by atoms with Gasteiger partial charge >= 0.3 is 0 Å². The Labute approximate surface area is 189 Å². The molecule has 3 aliphatic rings. The molecule has 3 atom stereocenters. The number of methoxy groups -OCH3 is 1. The van der Waals surface area contributed by atoms with Crippen molar-refractivity contribution in [3.05, 3.63) is 53.1 Å². The van der Waals surface area contributed by atoms with Crippen LogP contribution in [-0.2, 0) is 16.7 Å². The van der Waals surface area contributed by atoms with Crippen molar-refractivity contribution in [1.82, 2.24) is 4.98 Å². The number of benzene rings is 1. The van der Waals surface area contributed by atoms with Crippen molar-refractivity contribution in [2.24, 2.45) is 16.6 Å². The number of amides is 1. The molecule has 3 N–H and O–H groups in total. The molecule has 164 valence electrons. The lowest BCUT2D eigenvalue weighted by Crippen LogP contribution is -2.47. The van der Waals surface area contributed by atoms with Gasteiger partial charge in [-0.25, -0.2) is 9.37 Å². The van der Waals surface area contributed by atoms with Crippen LogP contribution in [0, 0.1) is 24.1 Å². The maximum atomic E-state index is 14.8. The number of ether oxygens (including phenoxy) is 2. The number of nitrogens with one attached hydrogen (secondary N) is 1. The zero-order valence-corrected chi connectivity index (χ0v) is 18.2. The van der Waals surface area contributed by atoms with Gasteiger partial charge in [-0.05, 0) is 41.8 Å². The van der Waals surface area contributed by atoms with Gasteiger partial charge in [-0.1, -0.05) is 17.7 Å². The molecule has 5 rings (SSSR count). The molecule has 0 saturated heterocycles. The summed E-state index contributed by atoms with van der Waals surface area (Å²) in [5.41, 5.74) is 7.52. The SMILES string of the molecule is C#CCOc1ccc(C(=O)Nc2cc(F)c3c(c2)[C@@]2(C3)N=C(N)S[C@@]3(COC)C[C@H]32)nc1. The van der Waals surface area contributed by atoms with E-state index in [0.29, 0.717) is 35.2 Å². The quantitative estimate of drug-likeness (QED) is 0.654. The number of fused-ring (bicyclic) bond motifs is 4. The number of anilines is 1. The minimum atomic E-state index is -0.557. The van der Waals surface area contributed by atoms with Crippen molar-refractivity contribution < 1.29 is 18.7 Å². The summed E-state index contributed by atoms with van der Waals surface area (Å²) in [4.78, 5) is 21.5. The summed E-state index contributed by atoms with van der Waals surface area (Å²) in [5, 5.41) is 3.23. The maximum Gasteiger partial charge on any atom is 0.274 e. The zero-order chi connectivity index (χ0) is 22.5.